The van der Waals surface area contributed by atoms with Crippen molar-refractivity contribution in [1.29, 1.82) is 0 Å². The van der Waals surface area contributed by atoms with Crippen molar-refractivity contribution in [3.63, 3.8) is 0 Å². The Morgan fingerprint density at radius 2 is 2.00 bits per heavy atom. The first-order chi connectivity index (χ1) is 7.30. The van der Waals surface area contributed by atoms with Gasteiger partial charge < -0.3 is 4.90 Å². The van der Waals surface area contributed by atoms with E-state index in [9.17, 15) is 0 Å². The molecular formula is C14H19N. The highest BCUT2D eigenvalue weighted by molar-refractivity contribution is 5.49. The third-order valence-electron chi connectivity index (χ3n) is 4.27. The molecule has 0 atom stereocenters. The van der Waals surface area contributed by atoms with Gasteiger partial charge in [0.05, 0.1) is 0 Å². The number of likely N-dealkylation sites (tertiary alicyclic amines) is 1. The minimum Gasteiger partial charge on any atom is -0.306 e. The van der Waals surface area contributed by atoms with Crippen molar-refractivity contribution in [2.45, 2.75) is 25.7 Å². The minimum absolute atomic E-state index is 0.451. The number of allylic oxidation sites excluding steroid dienone is 6. The molecule has 0 bridgehead atoms. The summed E-state index contributed by atoms with van der Waals surface area (Å²) in [5.74, 6) is 0. The van der Waals surface area contributed by atoms with Gasteiger partial charge in [0.25, 0.3) is 0 Å². The molecule has 0 N–H and O–H groups in total. The van der Waals surface area contributed by atoms with Gasteiger partial charge in [0, 0.05) is 5.41 Å². The Morgan fingerprint density at radius 3 is 2.80 bits per heavy atom. The lowest BCUT2D eigenvalue weighted by Gasteiger charge is -2.39. The van der Waals surface area contributed by atoms with Crippen LogP contribution in [0.25, 0.3) is 0 Å². The minimum atomic E-state index is 0.451. The highest BCUT2D eigenvalue weighted by Gasteiger charge is 2.38. The highest BCUT2D eigenvalue weighted by Crippen LogP contribution is 2.48. The van der Waals surface area contributed by atoms with Crippen molar-refractivity contribution in [1.82, 2.24) is 4.90 Å². The molecule has 1 spiro atoms. The van der Waals surface area contributed by atoms with Gasteiger partial charge in [-0.15, -0.1) is 0 Å². The van der Waals surface area contributed by atoms with E-state index in [1.165, 1.54) is 44.3 Å². The molecule has 1 heteroatoms. The van der Waals surface area contributed by atoms with E-state index < -0.39 is 0 Å². The van der Waals surface area contributed by atoms with Crippen molar-refractivity contribution >= 4 is 0 Å². The molecule has 0 unspecified atom stereocenters. The van der Waals surface area contributed by atoms with Crippen LogP contribution in [-0.4, -0.2) is 25.0 Å². The summed E-state index contributed by atoms with van der Waals surface area (Å²) in [7, 11) is 2.24. The summed E-state index contributed by atoms with van der Waals surface area (Å²) in [5, 5.41) is 0. The van der Waals surface area contributed by atoms with Gasteiger partial charge in [-0.05, 0) is 51.4 Å². The van der Waals surface area contributed by atoms with Crippen LogP contribution in [0.1, 0.15) is 25.7 Å². The second kappa shape index (κ2) is 3.34. The van der Waals surface area contributed by atoms with Crippen LogP contribution >= 0.6 is 0 Å². The lowest BCUT2D eigenvalue weighted by molar-refractivity contribution is 0.191. The maximum atomic E-state index is 2.49. The van der Waals surface area contributed by atoms with Gasteiger partial charge in [-0.3, -0.25) is 0 Å². The number of hydrogen-bond donors (Lipinski definition) is 0. The smallest absolute Gasteiger partial charge is 0.0127 e. The van der Waals surface area contributed by atoms with Crippen LogP contribution < -0.4 is 0 Å². The van der Waals surface area contributed by atoms with Gasteiger partial charge >= 0.3 is 0 Å². The van der Waals surface area contributed by atoms with E-state index in [-0.39, 0.29) is 0 Å². The molecule has 0 aromatic carbocycles. The standard InChI is InChI=1S/C14H19N/c1-15-10-8-14(9-11-15)7-6-12-4-2-3-5-13(12)14/h2,4,6-7H,3,5,8-11H2,1H3. The fraction of sp³-hybridized carbons (Fsp3) is 0.571. The molecule has 80 valence electrons. The molecule has 2 aliphatic carbocycles. The van der Waals surface area contributed by atoms with Gasteiger partial charge in [0.15, 0.2) is 0 Å². The summed E-state index contributed by atoms with van der Waals surface area (Å²) in [6.07, 6.45) is 14.7. The Hall–Kier alpha value is -0.820. The molecule has 1 fully saturated rings. The van der Waals surface area contributed by atoms with E-state index in [1.807, 2.05) is 0 Å². The first-order valence-electron chi connectivity index (χ1n) is 6.08. The molecule has 0 aromatic heterocycles. The third kappa shape index (κ3) is 1.41. The first kappa shape index (κ1) is 9.41. The van der Waals surface area contributed by atoms with Gasteiger partial charge in [0.2, 0.25) is 0 Å². The maximum Gasteiger partial charge on any atom is 0.0127 e. The molecular weight excluding hydrogens is 182 g/mol. The van der Waals surface area contributed by atoms with Crippen LogP contribution in [0.4, 0.5) is 0 Å². The van der Waals surface area contributed by atoms with E-state index in [0.29, 0.717) is 5.41 Å². The summed E-state index contributed by atoms with van der Waals surface area (Å²) < 4.78 is 0. The largest absolute Gasteiger partial charge is 0.306 e. The van der Waals surface area contributed by atoms with Crippen molar-refractivity contribution in [3.05, 3.63) is 35.5 Å². The maximum absolute atomic E-state index is 2.49. The average molecular weight is 201 g/mol. The Labute approximate surface area is 92.2 Å². The second-order valence-corrected chi connectivity index (χ2v) is 5.17. The Balaban J connectivity index is 1.91. The molecule has 1 nitrogen and oxygen atoms in total. The van der Waals surface area contributed by atoms with Crippen LogP contribution in [0.15, 0.2) is 35.5 Å². The van der Waals surface area contributed by atoms with Crippen molar-refractivity contribution < 1.29 is 0 Å². The summed E-state index contributed by atoms with van der Waals surface area (Å²) in [4.78, 5) is 2.45. The van der Waals surface area contributed by atoms with Gasteiger partial charge in [-0.2, -0.15) is 0 Å². The summed E-state index contributed by atoms with van der Waals surface area (Å²) >= 11 is 0. The van der Waals surface area contributed by atoms with E-state index >= 15 is 0 Å². The predicted molar refractivity (Wildman–Crippen MR) is 63.7 cm³/mol. The Kier molecular flexibility index (Phi) is 2.10. The monoisotopic (exact) mass is 201 g/mol. The zero-order valence-corrected chi connectivity index (χ0v) is 9.50. The fourth-order valence-corrected chi connectivity index (χ4v) is 3.21. The van der Waals surface area contributed by atoms with Crippen LogP contribution in [0.3, 0.4) is 0 Å². The molecule has 0 saturated carbocycles. The summed E-state index contributed by atoms with van der Waals surface area (Å²) in [6, 6.07) is 0. The predicted octanol–water partition coefficient (Wildman–Crippen LogP) is 2.91. The average Bonchev–Trinajstić information content (AvgIpc) is 2.63. The lowest BCUT2D eigenvalue weighted by Crippen LogP contribution is -2.37. The fourth-order valence-electron chi connectivity index (χ4n) is 3.21. The summed E-state index contributed by atoms with van der Waals surface area (Å²) in [6.45, 7) is 2.51. The van der Waals surface area contributed by atoms with Crippen LogP contribution in [-0.2, 0) is 0 Å². The van der Waals surface area contributed by atoms with Gasteiger partial charge in [0.1, 0.15) is 0 Å². The van der Waals surface area contributed by atoms with E-state index in [4.69, 9.17) is 0 Å². The number of piperidine rings is 1. The summed E-state index contributed by atoms with van der Waals surface area (Å²) in [5.41, 5.74) is 3.70. The molecule has 1 saturated heterocycles. The molecule has 0 aromatic rings. The Bertz CT molecular complexity index is 352. The Morgan fingerprint density at radius 1 is 1.20 bits per heavy atom. The van der Waals surface area contributed by atoms with Gasteiger partial charge in [-0.1, -0.05) is 29.9 Å². The normalized spacial score (nSPS) is 28.9. The molecule has 1 heterocycles. The number of fused-ring (bicyclic) bond motifs is 1. The molecule has 3 rings (SSSR count). The highest BCUT2D eigenvalue weighted by atomic mass is 15.1. The quantitative estimate of drug-likeness (QED) is 0.582. The molecule has 0 radical (unpaired) electrons. The van der Waals surface area contributed by atoms with Crippen LogP contribution in [0, 0.1) is 5.41 Å². The van der Waals surface area contributed by atoms with Crippen molar-refractivity contribution in [3.8, 4) is 0 Å². The molecule has 3 aliphatic rings. The zero-order valence-electron chi connectivity index (χ0n) is 9.50. The van der Waals surface area contributed by atoms with Crippen LogP contribution in [0.5, 0.6) is 0 Å². The zero-order chi connectivity index (χ0) is 10.3. The molecule has 1 aliphatic heterocycles. The number of nitrogens with zero attached hydrogens (tertiary/aromatic N) is 1. The number of hydrogen-bond acceptors (Lipinski definition) is 1. The van der Waals surface area contributed by atoms with Gasteiger partial charge in [-0.25, -0.2) is 0 Å². The SMILES string of the molecule is CN1CCC2(C=CC3=C2CCC=C3)CC1. The number of rotatable bonds is 0. The molecule has 15 heavy (non-hydrogen) atoms. The second-order valence-electron chi connectivity index (χ2n) is 5.17. The first-order valence-corrected chi connectivity index (χ1v) is 6.08. The van der Waals surface area contributed by atoms with E-state index in [1.54, 1.807) is 5.57 Å². The van der Waals surface area contributed by atoms with Crippen LogP contribution in [0.2, 0.25) is 0 Å². The van der Waals surface area contributed by atoms with Crippen molar-refractivity contribution in [2.24, 2.45) is 5.41 Å². The third-order valence-corrected chi connectivity index (χ3v) is 4.27. The topological polar surface area (TPSA) is 3.24 Å². The lowest BCUT2D eigenvalue weighted by atomic mass is 9.71. The molecule has 0 amide bonds. The van der Waals surface area contributed by atoms with E-state index in [0.717, 1.165) is 0 Å². The van der Waals surface area contributed by atoms with Crippen molar-refractivity contribution in [2.75, 3.05) is 20.1 Å². The van der Waals surface area contributed by atoms with E-state index in [2.05, 4.69) is 36.3 Å².